The van der Waals surface area contributed by atoms with Crippen molar-refractivity contribution >= 4 is 23.5 Å². The van der Waals surface area contributed by atoms with Crippen LogP contribution in [0.1, 0.15) is 24.0 Å². The molecule has 0 spiro atoms. The van der Waals surface area contributed by atoms with Crippen molar-refractivity contribution in [2.45, 2.75) is 19.8 Å². The van der Waals surface area contributed by atoms with Gasteiger partial charge in [0, 0.05) is 36.3 Å². The Morgan fingerprint density at radius 1 is 1.24 bits per heavy atom. The molecule has 0 bridgehead atoms. The first-order chi connectivity index (χ1) is 12.0. The average Bonchev–Trinajstić information content (AvgIpc) is 2.59. The first kappa shape index (κ1) is 18.1. The number of anilines is 1. The summed E-state index contributed by atoms with van der Waals surface area (Å²) in [6.45, 7) is 2.71. The zero-order valence-corrected chi connectivity index (χ0v) is 13.9. The fraction of sp³-hybridized carbons (Fsp3) is 0.222. The standard InChI is InChI=1S/C18H20N4O3/c1-14-5-2-7-16(11-14)19-10-4-9-18(23)21-20-13-15-6-3-8-17(12-15)22(24)25/h2-3,5-8,11-13,19H,4,9-10H2,1H3,(H,21,23). The van der Waals surface area contributed by atoms with E-state index < -0.39 is 4.92 Å². The van der Waals surface area contributed by atoms with Gasteiger partial charge in [0.25, 0.3) is 5.69 Å². The SMILES string of the molecule is Cc1cccc(NCCCC(=O)NN=Cc2cccc([N+](=O)[O-])c2)c1. The van der Waals surface area contributed by atoms with Crippen molar-refractivity contribution in [1.82, 2.24) is 5.43 Å². The molecule has 0 aliphatic heterocycles. The van der Waals surface area contributed by atoms with Gasteiger partial charge in [-0.15, -0.1) is 0 Å². The summed E-state index contributed by atoms with van der Waals surface area (Å²) >= 11 is 0. The number of rotatable bonds is 8. The van der Waals surface area contributed by atoms with Gasteiger partial charge in [0.1, 0.15) is 0 Å². The highest BCUT2D eigenvalue weighted by atomic mass is 16.6. The van der Waals surface area contributed by atoms with Crippen molar-refractivity contribution in [3.63, 3.8) is 0 Å². The number of aryl methyl sites for hydroxylation is 1. The van der Waals surface area contributed by atoms with Gasteiger partial charge < -0.3 is 5.32 Å². The zero-order chi connectivity index (χ0) is 18.1. The predicted octanol–water partition coefficient (Wildman–Crippen LogP) is 3.25. The maximum atomic E-state index is 11.7. The lowest BCUT2D eigenvalue weighted by Crippen LogP contribution is -2.18. The molecule has 0 aromatic heterocycles. The number of nitro benzene ring substituents is 1. The number of amides is 1. The molecule has 0 saturated heterocycles. The summed E-state index contributed by atoms with van der Waals surface area (Å²) in [6.07, 6.45) is 2.40. The van der Waals surface area contributed by atoms with E-state index >= 15 is 0 Å². The molecule has 7 nitrogen and oxygen atoms in total. The molecule has 25 heavy (non-hydrogen) atoms. The minimum atomic E-state index is -0.475. The van der Waals surface area contributed by atoms with Crippen LogP contribution in [-0.4, -0.2) is 23.6 Å². The normalized spacial score (nSPS) is 10.6. The quantitative estimate of drug-likeness (QED) is 0.334. The van der Waals surface area contributed by atoms with Crippen LogP contribution in [0.2, 0.25) is 0 Å². The first-order valence-electron chi connectivity index (χ1n) is 7.91. The van der Waals surface area contributed by atoms with Crippen molar-refractivity contribution in [1.29, 1.82) is 0 Å². The van der Waals surface area contributed by atoms with Gasteiger partial charge in [0.05, 0.1) is 11.1 Å². The number of hydrazone groups is 1. The van der Waals surface area contributed by atoms with Crippen LogP contribution in [0.25, 0.3) is 0 Å². The Balaban J connectivity index is 1.70. The number of hydrogen-bond acceptors (Lipinski definition) is 5. The molecular weight excluding hydrogens is 320 g/mol. The van der Waals surface area contributed by atoms with Crippen LogP contribution in [-0.2, 0) is 4.79 Å². The number of nitrogens with one attached hydrogen (secondary N) is 2. The highest BCUT2D eigenvalue weighted by Gasteiger charge is 2.04. The lowest BCUT2D eigenvalue weighted by molar-refractivity contribution is -0.384. The molecule has 0 heterocycles. The van der Waals surface area contributed by atoms with Crippen LogP contribution in [0.15, 0.2) is 53.6 Å². The summed E-state index contributed by atoms with van der Waals surface area (Å²) < 4.78 is 0. The highest BCUT2D eigenvalue weighted by Crippen LogP contribution is 2.11. The lowest BCUT2D eigenvalue weighted by Gasteiger charge is -2.06. The lowest BCUT2D eigenvalue weighted by atomic mass is 10.2. The predicted molar refractivity (Wildman–Crippen MR) is 97.7 cm³/mol. The second-order valence-corrected chi connectivity index (χ2v) is 5.55. The molecular formula is C18H20N4O3. The van der Waals surface area contributed by atoms with Gasteiger partial charge in [-0.05, 0) is 31.0 Å². The van der Waals surface area contributed by atoms with E-state index in [-0.39, 0.29) is 11.6 Å². The van der Waals surface area contributed by atoms with E-state index in [4.69, 9.17) is 0 Å². The second kappa shape index (κ2) is 9.17. The summed E-state index contributed by atoms with van der Waals surface area (Å²) in [4.78, 5) is 21.9. The van der Waals surface area contributed by atoms with Gasteiger partial charge in [-0.2, -0.15) is 5.10 Å². The molecule has 0 fully saturated rings. The Bertz CT molecular complexity index is 774. The number of carbonyl (C=O) groups is 1. The van der Waals surface area contributed by atoms with Crippen LogP contribution < -0.4 is 10.7 Å². The smallest absolute Gasteiger partial charge is 0.270 e. The van der Waals surface area contributed by atoms with Crippen molar-refractivity contribution < 1.29 is 9.72 Å². The molecule has 0 radical (unpaired) electrons. The van der Waals surface area contributed by atoms with Gasteiger partial charge in [0.15, 0.2) is 0 Å². The van der Waals surface area contributed by atoms with Gasteiger partial charge >= 0.3 is 0 Å². The zero-order valence-electron chi connectivity index (χ0n) is 13.9. The van der Waals surface area contributed by atoms with Gasteiger partial charge in [-0.25, -0.2) is 5.43 Å². The largest absolute Gasteiger partial charge is 0.385 e. The average molecular weight is 340 g/mol. The number of hydrogen-bond donors (Lipinski definition) is 2. The molecule has 0 aliphatic rings. The molecule has 7 heteroatoms. The van der Waals surface area contributed by atoms with Crippen molar-refractivity contribution in [3.8, 4) is 0 Å². The van der Waals surface area contributed by atoms with Crippen LogP contribution in [0.5, 0.6) is 0 Å². The Morgan fingerprint density at radius 2 is 2.04 bits per heavy atom. The third kappa shape index (κ3) is 6.42. The van der Waals surface area contributed by atoms with Crippen molar-refractivity contribution in [2.75, 3.05) is 11.9 Å². The Kier molecular flexibility index (Phi) is 6.65. The molecule has 1 amide bonds. The molecule has 0 aliphatic carbocycles. The summed E-state index contributed by atoms with van der Waals surface area (Å²) in [6, 6.07) is 14.1. The molecule has 0 saturated carbocycles. The number of carbonyl (C=O) groups excluding carboxylic acids is 1. The Hall–Kier alpha value is -3.22. The van der Waals surface area contributed by atoms with Crippen LogP contribution in [0.3, 0.4) is 0 Å². The molecule has 2 rings (SSSR count). The van der Waals surface area contributed by atoms with Crippen molar-refractivity contribution in [2.24, 2.45) is 5.10 Å². The maximum absolute atomic E-state index is 11.7. The number of nitro groups is 1. The second-order valence-electron chi connectivity index (χ2n) is 5.55. The van der Waals surface area contributed by atoms with E-state index in [1.807, 2.05) is 31.2 Å². The van der Waals surface area contributed by atoms with Gasteiger partial charge in [0.2, 0.25) is 5.91 Å². The number of nitrogens with zero attached hydrogens (tertiary/aromatic N) is 2. The van der Waals surface area contributed by atoms with E-state index in [1.54, 1.807) is 12.1 Å². The fourth-order valence-corrected chi connectivity index (χ4v) is 2.19. The van der Waals surface area contributed by atoms with Gasteiger partial charge in [-0.1, -0.05) is 24.3 Å². The van der Waals surface area contributed by atoms with Crippen LogP contribution in [0.4, 0.5) is 11.4 Å². The third-order valence-corrected chi connectivity index (χ3v) is 3.41. The Labute approximate surface area is 145 Å². The minimum Gasteiger partial charge on any atom is -0.385 e. The summed E-state index contributed by atoms with van der Waals surface area (Å²) in [7, 11) is 0. The highest BCUT2D eigenvalue weighted by molar-refractivity contribution is 5.83. The molecule has 0 atom stereocenters. The van der Waals surface area contributed by atoms with E-state index in [0.29, 0.717) is 24.9 Å². The minimum absolute atomic E-state index is 0.0162. The van der Waals surface area contributed by atoms with Gasteiger partial charge in [-0.3, -0.25) is 14.9 Å². The van der Waals surface area contributed by atoms with Crippen molar-refractivity contribution in [3.05, 3.63) is 69.8 Å². The number of benzene rings is 2. The third-order valence-electron chi connectivity index (χ3n) is 3.41. The summed E-state index contributed by atoms with van der Waals surface area (Å²) in [5, 5.41) is 17.8. The van der Waals surface area contributed by atoms with Crippen LogP contribution >= 0.6 is 0 Å². The number of non-ortho nitro benzene ring substituents is 1. The Morgan fingerprint density at radius 3 is 2.80 bits per heavy atom. The molecule has 0 unspecified atom stereocenters. The van der Waals surface area contributed by atoms with E-state index in [2.05, 4.69) is 15.8 Å². The molecule has 2 aromatic rings. The van der Waals surface area contributed by atoms with E-state index in [9.17, 15) is 14.9 Å². The summed E-state index contributed by atoms with van der Waals surface area (Å²) in [5.41, 5.74) is 5.17. The van der Waals surface area contributed by atoms with E-state index in [0.717, 1.165) is 5.69 Å². The topological polar surface area (TPSA) is 96.6 Å². The monoisotopic (exact) mass is 340 g/mol. The molecule has 2 aromatic carbocycles. The molecule has 130 valence electrons. The fourth-order valence-electron chi connectivity index (χ4n) is 2.19. The molecule has 2 N–H and O–H groups in total. The first-order valence-corrected chi connectivity index (χ1v) is 7.91. The summed E-state index contributed by atoms with van der Waals surface area (Å²) in [5.74, 6) is -0.201. The van der Waals surface area contributed by atoms with Crippen LogP contribution in [0, 0.1) is 17.0 Å². The maximum Gasteiger partial charge on any atom is 0.270 e. The van der Waals surface area contributed by atoms with E-state index in [1.165, 1.54) is 23.9 Å².